The lowest BCUT2D eigenvalue weighted by atomic mass is 9.45. The van der Waals surface area contributed by atoms with Crippen molar-refractivity contribution in [3.63, 3.8) is 0 Å². The molecule has 0 N–H and O–H groups in total. The molecule has 1 heterocycles. The highest BCUT2D eigenvalue weighted by Gasteiger charge is 2.79. The van der Waals surface area contributed by atoms with Crippen molar-refractivity contribution in [2.75, 3.05) is 13.2 Å². The van der Waals surface area contributed by atoms with Gasteiger partial charge in [0.25, 0.3) is 0 Å². The summed E-state index contributed by atoms with van der Waals surface area (Å²) in [6.45, 7) is 9.40. The molecule has 27 heavy (non-hydrogen) atoms. The Morgan fingerprint density at radius 1 is 1.26 bits per heavy atom. The van der Waals surface area contributed by atoms with E-state index in [2.05, 4.69) is 6.58 Å². The van der Waals surface area contributed by atoms with Gasteiger partial charge in [0.05, 0.1) is 13.2 Å². The Balaban J connectivity index is 2.24. The first kappa shape index (κ1) is 19.1. The van der Waals surface area contributed by atoms with Crippen LogP contribution in [0.15, 0.2) is 48.0 Å². The first-order valence-corrected chi connectivity index (χ1v) is 9.23. The zero-order valence-electron chi connectivity index (χ0n) is 15.9. The van der Waals surface area contributed by atoms with E-state index in [1.807, 2.05) is 37.3 Å². The number of nitrogens with zero attached hydrogens (tertiary/aromatic N) is 1. The summed E-state index contributed by atoms with van der Waals surface area (Å²) >= 11 is 0. The summed E-state index contributed by atoms with van der Waals surface area (Å²) in [6.07, 6.45) is 1.29. The van der Waals surface area contributed by atoms with Gasteiger partial charge in [-0.1, -0.05) is 36.4 Å². The summed E-state index contributed by atoms with van der Waals surface area (Å²) in [5, 5.41) is 0. The zero-order chi connectivity index (χ0) is 19.7. The van der Waals surface area contributed by atoms with Crippen molar-refractivity contribution < 1.29 is 23.8 Å². The van der Waals surface area contributed by atoms with Crippen LogP contribution in [0, 0.1) is 11.3 Å². The Morgan fingerprint density at radius 3 is 2.52 bits per heavy atom. The molecule has 0 radical (unpaired) electrons. The van der Waals surface area contributed by atoms with Crippen LogP contribution in [0.2, 0.25) is 0 Å². The van der Waals surface area contributed by atoms with E-state index in [1.165, 1.54) is 6.92 Å². The molecule has 1 aliphatic heterocycles. The van der Waals surface area contributed by atoms with Crippen molar-refractivity contribution >= 4 is 17.8 Å². The molecule has 6 heteroatoms. The minimum atomic E-state index is -1.17. The van der Waals surface area contributed by atoms with E-state index in [-0.39, 0.29) is 18.4 Å². The van der Waals surface area contributed by atoms with Crippen molar-refractivity contribution in [1.82, 2.24) is 0 Å². The van der Waals surface area contributed by atoms with Crippen LogP contribution in [0.3, 0.4) is 0 Å². The molecule has 2 aliphatic rings. The molecule has 1 fully saturated rings. The van der Waals surface area contributed by atoms with E-state index in [9.17, 15) is 9.59 Å². The third-order valence-corrected chi connectivity index (χ3v) is 5.43. The van der Waals surface area contributed by atoms with Crippen LogP contribution in [0.5, 0.6) is 0 Å². The van der Waals surface area contributed by atoms with Gasteiger partial charge in [0, 0.05) is 12.8 Å². The molecule has 0 spiro atoms. The molecule has 1 aliphatic carbocycles. The largest absolute Gasteiger partial charge is 0.479 e. The highest BCUT2D eigenvalue weighted by atomic mass is 16.6. The molecule has 1 saturated carbocycles. The van der Waals surface area contributed by atoms with Crippen molar-refractivity contribution in [3.8, 4) is 0 Å². The summed E-state index contributed by atoms with van der Waals surface area (Å²) < 4.78 is 16.7. The lowest BCUT2D eigenvalue weighted by Gasteiger charge is -2.57. The minimum Gasteiger partial charge on any atom is -0.479 e. The monoisotopic (exact) mass is 371 g/mol. The van der Waals surface area contributed by atoms with Crippen molar-refractivity contribution in [1.29, 1.82) is 0 Å². The quantitative estimate of drug-likeness (QED) is 0.568. The van der Waals surface area contributed by atoms with Gasteiger partial charge >= 0.3 is 11.9 Å². The first-order valence-electron chi connectivity index (χ1n) is 9.23. The predicted octanol–water partition coefficient (Wildman–Crippen LogP) is 3.02. The van der Waals surface area contributed by atoms with Crippen LogP contribution in [-0.2, 0) is 29.3 Å². The number of esters is 2. The maximum absolute atomic E-state index is 13.2. The second kappa shape index (κ2) is 7.18. The maximum Gasteiger partial charge on any atom is 0.319 e. The van der Waals surface area contributed by atoms with Gasteiger partial charge in [-0.2, -0.15) is 0 Å². The molecule has 1 aromatic carbocycles. The average Bonchev–Trinajstić information content (AvgIpc) is 2.83. The van der Waals surface area contributed by atoms with Gasteiger partial charge in [-0.3, -0.25) is 9.59 Å². The average molecular weight is 371 g/mol. The second-order valence-electron chi connectivity index (χ2n) is 6.74. The molecule has 0 amide bonds. The summed E-state index contributed by atoms with van der Waals surface area (Å²) in [6, 6.07) is 9.54. The lowest BCUT2D eigenvalue weighted by molar-refractivity contribution is -0.192. The molecule has 0 aromatic heterocycles. The number of rotatable bonds is 6. The number of benzene rings is 1. The smallest absolute Gasteiger partial charge is 0.319 e. The van der Waals surface area contributed by atoms with Gasteiger partial charge in [0.2, 0.25) is 5.90 Å². The molecule has 0 bridgehead atoms. The fraction of sp³-hybridized carbons (Fsp3) is 0.476. The van der Waals surface area contributed by atoms with E-state index in [0.717, 1.165) is 5.56 Å². The van der Waals surface area contributed by atoms with Crippen molar-refractivity contribution in [2.24, 2.45) is 16.3 Å². The zero-order valence-corrected chi connectivity index (χ0v) is 15.9. The van der Waals surface area contributed by atoms with Crippen LogP contribution < -0.4 is 0 Å². The molecule has 3 rings (SSSR count). The van der Waals surface area contributed by atoms with Gasteiger partial charge < -0.3 is 14.2 Å². The van der Waals surface area contributed by atoms with Gasteiger partial charge in [0.15, 0.2) is 6.10 Å². The van der Waals surface area contributed by atoms with E-state index < -0.39 is 29.0 Å². The van der Waals surface area contributed by atoms with Gasteiger partial charge in [-0.25, -0.2) is 4.99 Å². The molecular weight excluding hydrogens is 346 g/mol. The highest BCUT2D eigenvalue weighted by Crippen LogP contribution is 2.69. The molecule has 1 aromatic rings. The highest BCUT2D eigenvalue weighted by molar-refractivity contribution is 5.98. The summed E-state index contributed by atoms with van der Waals surface area (Å²) in [5.41, 5.74) is -1.28. The molecular formula is C21H25NO5. The normalized spacial score (nSPS) is 31.1. The van der Waals surface area contributed by atoms with Gasteiger partial charge in [-0.05, 0) is 25.8 Å². The topological polar surface area (TPSA) is 74.2 Å². The van der Waals surface area contributed by atoms with E-state index >= 15 is 0 Å². The maximum atomic E-state index is 13.2. The Labute approximate surface area is 159 Å². The Morgan fingerprint density at radius 2 is 1.96 bits per heavy atom. The number of hydrogen-bond acceptors (Lipinski definition) is 6. The predicted molar refractivity (Wildman–Crippen MR) is 100 cm³/mol. The van der Waals surface area contributed by atoms with Crippen molar-refractivity contribution in [3.05, 3.63) is 48.6 Å². The van der Waals surface area contributed by atoms with Crippen molar-refractivity contribution in [2.45, 2.75) is 38.8 Å². The van der Waals surface area contributed by atoms with E-state index in [4.69, 9.17) is 19.2 Å². The fourth-order valence-corrected chi connectivity index (χ4v) is 4.44. The third-order valence-electron chi connectivity index (χ3n) is 5.43. The second-order valence-corrected chi connectivity index (χ2v) is 6.74. The number of carbonyl (C=O) groups is 2. The number of ether oxygens (including phenoxy) is 3. The van der Waals surface area contributed by atoms with Crippen LogP contribution in [0.1, 0.15) is 32.8 Å². The number of fused-ring (bicyclic) bond motifs is 1. The molecule has 6 nitrogen and oxygen atoms in total. The van der Waals surface area contributed by atoms with Crippen LogP contribution in [-0.4, -0.2) is 37.2 Å². The SMILES string of the molecule is C=C[C@H]1C[C@]2(C(=O)OCC)[C@@H](OC(C)=O)C(OCC)=N[C@]12c1ccccc1. The van der Waals surface area contributed by atoms with Crippen LogP contribution in [0.4, 0.5) is 0 Å². The number of aliphatic imine (C=N–C) groups is 1. The Kier molecular flexibility index (Phi) is 5.09. The lowest BCUT2D eigenvalue weighted by Crippen LogP contribution is -2.67. The van der Waals surface area contributed by atoms with Crippen LogP contribution >= 0.6 is 0 Å². The fourth-order valence-electron chi connectivity index (χ4n) is 4.44. The summed E-state index contributed by atoms with van der Waals surface area (Å²) in [4.78, 5) is 29.9. The van der Waals surface area contributed by atoms with Gasteiger partial charge in [-0.15, -0.1) is 6.58 Å². The number of carbonyl (C=O) groups excluding carboxylic acids is 2. The standard InChI is InChI=1S/C21H25NO5/c1-5-15-13-20(19(24)26-7-3)17(27-14(4)23)18(25-6-2)22-21(15,20)16-11-9-8-10-12-16/h5,8-12,15,17H,1,6-7,13H2,2-4H3/t15-,17-,20+,21-/m0/s1. The molecule has 4 atom stereocenters. The minimum absolute atomic E-state index is 0.111. The summed E-state index contributed by atoms with van der Waals surface area (Å²) in [7, 11) is 0. The third kappa shape index (κ3) is 2.58. The Hall–Kier alpha value is -2.63. The summed E-state index contributed by atoms with van der Waals surface area (Å²) in [5.74, 6) is -0.784. The first-order chi connectivity index (χ1) is 13.0. The Bertz CT molecular complexity index is 774. The van der Waals surface area contributed by atoms with Crippen LogP contribution in [0.25, 0.3) is 0 Å². The molecule has 0 saturated heterocycles. The molecule has 0 unspecified atom stereocenters. The van der Waals surface area contributed by atoms with Gasteiger partial charge in [0.1, 0.15) is 11.0 Å². The number of hydrogen-bond donors (Lipinski definition) is 0. The molecule has 144 valence electrons. The van der Waals surface area contributed by atoms with E-state index in [1.54, 1.807) is 13.0 Å². The van der Waals surface area contributed by atoms with E-state index in [0.29, 0.717) is 13.0 Å².